The molecule has 0 saturated carbocycles. The summed E-state index contributed by atoms with van der Waals surface area (Å²) in [4.78, 5) is 21.8. The number of hydrogen-bond donors (Lipinski definition) is 0. The van der Waals surface area contributed by atoms with Gasteiger partial charge in [-0.05, 0) is 56.4 Å². The van der Waals surface area contributed by atoms with Crippen LogP contribution in [0.2, 0.25) is 5.02 Å². The number of hydrogen-bond acceptors (Lipinski definition) is 7. The van der Waals surface area contributed by atoms with Crippen molar-refractivity contribution in [2.45, 2.75) is 43.7 Å². The molecule has 1 fully saturated rings. The number of likely N-dealkylation sites (N-methyl/N-ethyl adjacent to an activating group) is 1. The smallest absolute Gasteiger partial charge is 0.405 e. The average Bonchev–Trinajstić information content (AvgIpc) is 3.30. The molecule has 3 aromatic rings. The van der Waals surface area contributed by atoms with E-state index in [0.717, 1.165) is 17.1 Å². The minimum Gasteiger partial charge on any atom is -0.405 e. The summed E-state index contributed by atoms with van der Waals surface area (Å²) in [5, 5.41) is 0.200. The largest absolute Gasteiger partial charge is 0.573 e. The lowest BCUT2D eigenvalue weighted by Crippen LogP contribution is -2.31. The van der Waals surface area contributed by atoms with Crippen molar-refractivity contribution >= 4 is 32.3 Å². The van der Waals surface area contributed by atoms with Gasteiger partial charge in [-0.25, -0.2) is 13.4 Å². The van der Waals surface area contributed by atoms with Gasteiger partial charge in [0.25, 0.3) is 5.56 Å². The first-order chi connectivity index (χ1) is 17.8. The summed E-state index contributed by atoms with van der Waals surface area (Å²) in [6, 6.07) is 7.05. The Bertz CT molecular complexity index is 1510. The molecule has 0 unspecified atom stereocenters. The first kappa shape index (κ1) is 28.3. The summed E-state index contributed by atoms with van der Waals surface area (Å²) in [6.07, 6.45) is -2.82. The van der Waals surface area contributed by atoms with Crippen LogP contribution in [0.5, 0.6) is 5.75 Å². The molecule has 8 nitrogen and oxygen atoms in total. The van der Waals surface area contributed by atoms with Gasteiger partial charge in [0.1, 0.15) is 5.75 Å². The molecule has 1 aliphatic heterocycles. The average molecular weight is 573 g/mol. The summed E-state index contributed by atoms with van der Waals surface area (Å²) in [6.45, 7) is 2.92. The van der Waals surface area contributed by atoms with Crippen LogP contribution in [0.15, 0.2) is 46.3 Å². The van der Waals surface area contributed by atoms with Crippen molar-refractivity contribution in [2.75, 3.05) is 32.9 Å². The molecule has 0 N–H and O–H groups in total. The van der Waals surface area contributed by atoms with Crippen molar-refractivity contribution in [3.05, 3.63) is 63.2 Å². The van der Waals surface area contributed by atoms with Gasteiger partial charge in [0.2, 0.25) is 0 Å². The second kappa shape index (κ2) is 10.8. The fourth-order valence-electron chi connectivity index (χ4n) is 4.62. The van der Waals surface area contributed by atoms with Crippen LogP contribution >= 0.6 is 11.6 Å². The predicted octanol–water partition coefficient (Wildman–Crippen LogP) is 3.93. The summed E-state index contributed by atoms with van der Waals surface area (Å²) >= 11 is 6.08. The molecule has 2 heterocycles. The highest BCUT2D eigenvalue weighted by molar-refractivity contribution is 7.91. The van der Waals surface area contributed by atoms with Crippen molar-refractivity contribution in [1.29, 1.82) is 0 Å². The van der Waals surface area contributed by atoms with Crippen LogP contribution < -0.4 is 10.3 Å². The molecule has 1 atom stereocenters. The van der Waals surface area contributed by atoms with Crippen LogP contribution in [0.25, 0.3) is 10.9 Å². The number of rotatable bonds is 8. The first-order valence-electron chi connectivity index (χ1n) is 11.9. The van der Waals surface area contributed by atoms with E-state index in [4.69, 9.17) is 11.6 Å². The maximum absolute atomic E-state index is 13.3. The van der Waals surface area contributed by atoms with Gasteiger partial charge in [0.15, 0.2) is 9.84 Å². The van der Waals surface area contributed by atoms with Gasteiger partial charge in [0.05, 0.1) is 34.4 Å². The summed E-state index contributed by atoms with van der Waals surface area (Å²) in [5.74, 6) is -0.619. The number of likely N-dealkylation sites (tertiary alicyclic amines) is 1. The standard InChI is InChI=1S/C25H28ClF3N4O4S/c1-4-38(35,36)23-6-5-18(26)9-17(23)13-33-15-30-21-10-16(12-32-8-7-19(14-32)31(2)3)22(37-25(27,28)29)11-20(21)24(33)34/h5-6,9-11,15,19H,4,7-8,12-14H2,1-3H3/t19-/m1/s1. The lowest BCUT2D eigenvalue weighted by Gasteiger charge is -2.22. The molecule has 0 amide bonds. The molecule has 0 bridgehead atoms. The van der Waals surface area contributed by atoms with E-state index >= 15 is 0 Å². The van der Waals surface area contributed by atoms with Gasteiger partial charge in [-0.15, -0.1) is 13.2 Å². The minimum atomic E-state index is -4.95. The van der Waals surface area contributed by atoms with Crippen molar-refractivity contribution in [2.24, 2.45) is 0 Å². The zero-order valence-corrected chi connectivity index (χ0v) is 22.7. The van der Waals surface area contributed by atoms with Gasteiger partial charge >= 0.3 is 6.36 Å². The third-order valence-corrected chi connectivity index (χ3v) is 8.75. The quantitative estimate of drug-likeness (QED) is 0.404. The first-order valence-corrected chi connectivity index (χ1v) is 14.0. The van der Waals surface area contributed by atoms with Gasteiger partial charge in [-0.3, -0.25) is 14.3 Å². The van der Waals surface area contributed by atoms with Gasteiger partial charge in [-0.1, -0.05) is 18.5 Å². The molecule has 1 aromatic heterocycles. The van der Waals surface area contributed by atoms with Gasteiger partial charge in [0, 0.05) is 36.3 Å². The fraction of sp³-hybridized carbons (Fsp3) is 0.440. The minimum absolute atomic E-state index is 0.0227. The Balaban J connectivity index is 1.75. The monoisotopic (exact) mass is 572 g/mol. The van der Waals surface area contributed by atoms with E-state index in [9.17, 15) is 26.4 Å². The highest BCUT2D eigenvalue weighted by Crippen LogP contribution is 2.31. The summed E-state index contributed by atoms with van der Waals surface area (Å²) in [5.41, 5.74) is 0.120. The van der Waals surface area contributed by atoms with E-state index in [1.807, 2.05) is 19.0 Å². The molecule has 206 valence electrons. The second-order valence-electron chi connectivity index (χ2n) is 9.50. The summed E-state index contributed by atoms with van der Waals surface area (Å²) in [7, 11) is 0.298. The topological polar surface area (TPSA) is 84.7 Å². The molecule has 1 saturated heterocycles. The number of alkyl halides is 3. The van der Waals surface area contributed by atoms with Crippen LogP contribution in [-0.4, -0.2) is 73.1 Å². The molecule has 0 aliphatic carbocycles. The number of nitrogens with zero attached hydrogens (tertiary/aromatic N) is 4. The van der Waals surface area contributed by atoms with E-state index in [1.165, 1.54) is 37.5 Å². The van der Waals surface area contributed by atoms with Crippen molar-refractivity contribution < 1.29 is 26.3 Å². The molecular formula is C25H28ClF3N4O4S. The van der Waals surface area contributed by atoms with E-state index < -0.39 is 27.5 Å². The van der Waals surface area contributed by atoms with Crippen LogP contribution in [-0.2, 0) is 22.9 Å². The number of sulfone groups is 1. The Morgan fingerprint density at radius 2 is 1.89 bits per heavy atom. The lowest BCUT2D eigenvalue weighted by atomic mass is 10.1. The SMILES string of the molecule is CCS(=O)(=O)c1ccc(Cl)cc1Cn1cnc2cc(CN3CC[C@@H](N(C)C)C3)c(OC(F)(F)F)cc2c1=O. The molecule has 0 spiro atoms. The Labute approximate surface area is 223 Å². The fourth-order valence-corrected chi connectivity index (χ4v) is 5.92. The van der Waals surface area contributed by atoms with Crippen LogP contribution in [0, 0.1) is 0 Å². The second-order valence-corrected chi connectivity index (χ2v) is 12.2. The number of fused-ring (bicyclic) bond motifs is 1. The Kier molecular flexibility index (Phi) is 8.08. The van der Waals surface area contributed by atoms with Crippen molar-refractivity contribution in [3.8, 4) is 5.75 Å². The Morgan fingerprint density at radius 1 is 1.16 bits per heavy atom. The van der Waals surface area contributed by atoms with E-state index in [1.54, 1.807) is 0 Å². The van der Waals surface area contributed by atoms with Crippen LogP contribution in [0.4, 0.5) is 13.2 Å². The normalized spacial score (nSPS) is 17.0. The third kappa shape index (κ3) is 6.31. The molecule has 2 aromatic carbocycles. The van der Waals surface area contributed by atoms with Gasteiger partial charge in [-0.2, -0.15) is 0 Å². The zero-order chi connectivity index (χ0) is 27.8. The molecule has 38 heavy (non-hydrogen) atoms. The van der Waals surface area contributed by atoms with Crippen molar-refractivity contribution in [1.82, 2.24) is 19.4 Å². The van der Waals surface area contributed by atoms with Crippen LogP contribution in [0.3, 0.4) is 0 Å². The molecule has 1 aliphatic rings. The van der Waals surface area contributed by atoms with Crippen molar-refractivity contribution in [3.63, 3.8) is 0 Å². The number of aromatic nitrogens is 2. The van der Waals surface area contributed by atoms with E-state index in [-0.39, 0.29) is 50.8 Å². The zero-order valence-electron chi connectivity index (χ0n) is 21.1. The third-order valence-electron chi connectivity index (χ3n) is 6.68. The predicted molar refractivity (Wildman–Crippen MR) is 138 cm³/mol. The lowest BCUT2D eigenvalue weighted by molar-refractivity contribution is -0.274. The highest BCUT2D eigenvalue weighted by Gasteiger charge is 2.33. The van der Waals surface area contributed by atoms with Crippen LogP contribution in [0.1, 0.15) is 24.5 Å². The molecule has 4 rings (SSSR count). The maximum atomic E-state index is 13.3. The Hall–Kier alpha value is -2.67. The highest BCUT2D eigenvalue weighted by atomic mass is 35.5. The van der Waals surface area contributed by atoms with E-state index in [2.05, 4.69) is 14.6 Å². The number of ether oxygens (including phenoxy) is 1. The maximum Gasteiger partial charge on any atom is 0.573 e. The Morgan fingerprint density at radius 3 is 2.53 bits per heavy atom. The molecule has 0 radical (unpaired) electrons. The van der Waals surface area contributed by atoms with E-state index in [0.29, 0.717) is 19.1 Å². The van der Waals surface area contributed by atoms with Gasteiger partial charge < -0.3 is 9.64 Å². The molecular weight excluding hydrogens is 545 g/mol. The summed E-state index contributed by atoms with van der Waals surface area (Å²) < 4.78 is 70.4. The molecule has 13 heteroatoms. The number of benzene rings is 2. The number of halogens is 4.